The van der Waals surface area contributed by atoms with Gasteiger partial charge in [-0.3, -0.25) is 4.79 Å². The second kappa shape index (κ2) is 9.69. The number of allylic oxidation sites excluding steroid dienone is 3. The van der Waals surface area contributed by atoms with Crippen LogP contribution in [0.15, 0.2) is 78.9 Å². The molecular formula is C25H24O4. The lowest BCUT2D eigenvalue weighted by Crippen LogP contribution is -2.28. The highest BCUT2D eigenvalue weighted by atomic mass is 16.5. The van der Waals surface area contributed by atoms with Crippen LogP contribution in [0.4, 0.5) is 0 Å². The van der Waals surface area contributed by atoms with Gasteiger partial charge < -0.3 is 9.47 Å². The van der Waals surface area contributed by atoms with Gasteiger partial charge in [-0.05, 0) is 35.1 Å². The number of carbonyl (C=O) groups is 2. The van der Waals surface area contributed by atoms with Gasteiger partial charge in [0.25, 0.3) is 0 Å². The zero-order valence-corrected chi connectivity index (χ0v) is 16.4. The van der Waals surface area contributed by atoms with Gasteiger partial charge >= 0.3 is 11.9 Å². The molecule has 4 nitrogen and oxygen atoms in total. The number of benzene rings is 2. The van der Waals surface area contributed by atoms with Gasteiger partial charge in [-0.25, -0.2) is 4.79 Å². The Bertz CT molecular complexity index is 923. The van der Waals surface area contributed by atoms with Crippen molar-refractivity contribution >= 4 is 24.1 Å². The van der Waals surface area contributed by atoms with Gasteiger partial charge in [-0.1, -0.05) is 79.8 Å². The molecule has 0 bridgehead atoms. The molecule has 0 aliphatic carbocycles. The van der Waals surface area contributed by atoms with E-state index in [0.717, 1.165) is 11.1 Å². The normalized spacial score (nSPS) is 19.7. The molecular weight excluding hydrogens is 364 g/mol. The van der Waals surface area contributed by atoms with Crippen LogP contribution in [-0.4, -0.2) is 18.5 Å². The highest BCUT2D eigenvalue weighted by Crippen LogP contribution is 2.31. The summed E-state index contributed by atoms with van der Waals surface area (Å²) < 4.78 is 10.3. The van der Waals surface area contributed by atoms with Crippen molar-refractivity contribution < 1.29 is 19.1 Å². The van der Waals surface area contributed by atoms with E-state index in [4.69, 9.17) is 9.47 Å². The van der Waals surface area contributed by atoms with Crippen molar-refractivity contribution in [2.45, 2.75) is 19.8 Å². The van der Waals surface area contributed by atoms with Crippen LogP contribution in [0.3, 0.4) is 0 Å². The van der Waals surface area contributed by atoms with Crippen molar-refractivity contribution in [3.63, 3.8) is 0 Å². The maximum atomic E-state index is 12.1. The number of carbonyl (C=O) groups excluding carboxylic acids is 2. The Hall–Kier alpha value is -3.40. The van der Waals surface area contributed by atoms with Gasteiger partial charge in [0.05, 0.1) is 13.0 Å². The van der Waals surface area contributed by atoms with Gasteiger partial charge in [0, 0.05) is 6.08 Å². The minimum absolute atomic E-state index is 0.237. The summed E-state index contributed by atoms with van der Waals surface area (Å²) >= 11 is 0. The summed E-state index contributed by atoms with van der Waals surface area (Å²) in [4.78, 5) is 23.5. The lowest BCUT2D eigenvalue weighted by molar-refractivity contribution is -0.151. The smallest absolute Gasteiger partial charge is 0.335 e. The Labute approximate surface area is 171 Å². The first-order valence-electron chi connectivity index (χ1n) is 9.59. The highest BCUT2D eigenvalue weighted by molar-refractivity contribution is 5.84. The molecule has 1 unspecified atom stereocenters. The number of esters is 2. The summed E-state index contributed by atoms with van der Waals surface area (Å²) in [5.41, 5.74) is 1.79. The highest BCUT2D eigenvalue weighted by Gasteiger charge is 2.30. The van der Waals surface area contributed by atoms with Crippen LogP contribution >= 0.6 is 0 Å². The molecule has 1 saturated heterocycles. The van der Waals surface area contributed by atoms with Crippen LogP contribution in [0, 0.1) is 5.41 Å². The van der Waals surface area contributed by atoms with E-state index >= 15 is 0 Å². The number of rotatable bonds is 6. The van der Waals surface area contributed by atoms with E-state index in [1.165, 1.54) is 6.08 Å². The fourth-order valence-electron chi connectivity index (χ4n) is 2.97. The third-order valence-corrected chi connectivity index (χ3v) is 4.69. The summed E-state index contributed by atoms with van der Waals surface area (Å²) in [6.07, 6.45) is 12.1. The Balaban J connectivity index is 1.51. The third kappa shape index (κ3) is 6.61. The maximum absolute atomic E-state index is 12.1. The lowest BCUT2D eigenvalue weighted by atomic mass is 9.82. The van der Waals surface area contributed by atoms with E-state index in [2.05, 4.69) is 0 Å². The zero-order valence-electron chi connectivity index (χ0n) is 16.4. The average molecular weight is 388 g/mol. The molecule has 1 heterocycles. The van der Waals surface area contributed by atoms with Crippen LogP contribution in [0.2, 0.25) is 0 Å². The molecule has 0 radical (unpaired) electrons. The lowest BCUT2D eigenvalue weighted by Gasteiger charge is -2.29. The van der Waals surface area contributed by atoms with E-state index < -0.39 is 5.97 Å². The third-order valence-electron chi connectivity index (χ3n) is 4.69. The monoisotopic (exact) mass is 388 g/mol. The summed E-state index contributed by atoms with van der Waals surface area (Å²) in [7, 11) is 0. The number of hydrogen-bond donors (Lipinski definition) is 0. The van der Waals surface area contributed by atoms with Gasteiger partial charge in [-0.15, -0.1) is 0 Å². The predicted octanol–water partition coefficient (Wildman–Crippen LogP) is 5.22. The standard InChI is InChI=1S/C25H24O4/c1-25(17-18-28-24(27)19-25)16-15-23(26)29-22-13-11-21(12-14-22)10-6-5-9-20-7-3-2-4-8-20/h2-16H,17-19H2,1H3. The van der Waals surface area contributed by atoms with Crippen LogP contribution in [0.5, 0.6) is 5.75 Å². The largest absolute Gasteiger partial charge is 0.466 e. The Morgan fingerprint density at radius 3 is 2.31 bits per heavy atom. The second-order valence-corrected chi connectivity index (χ2v) is 7.25. The zero-order chi connectivity index (χ0) is 20.5. The topological polar surface area (TPSA) is 52.6 Å². The van der Waals surface area contributed by atoms with E-state index in [1.807, 2.05) is 73.7 Å². The summed E-state index contributed by atoms with van der Waals surface area (Å²) in [6.45, 7) is 2.31. The molecule has 0 amide bonds. The molecule has 0 N–H and O–H groups in total. The van der Waals surface area contributed by atoms with E-state index in [9.17, 15) is 9.59 Å². The van der Waals surface area contributed by atoms with Gasteiger partial charge in [0.15, 0.2) is 0 Å². The predicted molar refractivity (Wildman–Crippen MR) is 114 cm³/mol. The summed E-state index contributed by atoms with van der Waals surface area (Å²) in [5.74, 6) is -0.219. The second-order valence-electron chi connectivity index (χ2n) is 7.25. The van der Waals surface area contributed by atoms with Crippen molar-refractivity contribution in [1.29, 1.82) is 0 Å². The van der Waals surface area contributed by atoms with Crippen LogP contribution in [0.1, 0.15) is 30.9 Å². The van der Waals surface area contributed by atoms with Crippen LogP contribution in [0.25, 0.3) is 12.2 Å². The molecule has 2 aromatic carbocycles. The summed E-state index contributed by atoms with van der Waals surface area (Å²) in [5, 5.41) is 0. The van der Waals surface area contributed by atoms with Gasteiger partial charge in [0.1, 0.15) is 5.75 Å². The minimum Gasteiger partial charge on any atom is -0.466 e. The van der Waals surface area contributed by atoms with Crippen LogP contribution in [-0.2, 0) is 14.3 Å². The number of cyclic esters (lactones) is 1. The first-order valence-corrected chi connectivity index (χ1v) is 9.59. The summed E-state index contributed by atoms with van der Waals surface area (Å²) in [6, 6.07) is 17.4. The fourth-order valence-corrected chi connectivity index (χ4v) is 2.97. The first-order chi connectivity index (χ1) is 14.0. The van der Waals surface area contributed by atoms with Crippen molar-refractivity contribution in [3.8, 4) is 5.75 Å². The molecule has 29 heavy (non-hydrogen) atoms. The van der Waals surface area contributed by atoms with Crippen molar-refractivity contribution in [3.05, 3.63) is 90.0 Å². The Morgan fingerprint density at radius 1 is 1.00 bits per heavy atom. The molecule has 3 rings (SSSR count). The number of ether oxygens (including phenoxy) is 2. The van der Waals surface area contributed by atoms with Crippen LogP contribution < -0.4 is 4.74 Å². The SMILES string of the molecule is CC1(C=CC(=O)Oc2ccc(C=CC=Cc3ccccc3)cc2)CCOC(=O)C1. The molecule has 2 aromatic rings. The maximum Gasteiger partial charge on any atom is 0.335 e. The molecule has 4 heteroatoms. The quantitative estimate of drug-likeness (QED) is 0.295. The van der Waals surface area contributed by atoms with Crippen molar-refractivity contribution in [1.82, 2.24) is 0 Å². The number of hydrogen-bond acceptors (Lipinski definition) is 4. The first kappa shape index (κ1) is 20.3. The molecule has 0 aromatic heterocycles. The molecule has 148 valence electrons. The average Bonchev–Trinajstić information content (AvgIpc) is 2.72. The molecule has 1 aliphatic rings. The molecule has 1 aliphatic heterocycles. The molecule has 0 saturated carbocycles. The Kier molecular flexibility index (Phi) is 6.80. The minimum atomic E-state index is -0.459. The Morgan fingerprint density at radius 2 is 1.66 bits per heavy atom. The fraction of sp³-hybridized carbons (Fsp3) is 0.200. The molecule has 1 fully saturated rings. The van der Waals surface area contributed by atoms with E-state index in [-0.39, 0.29) is 17.8 Å². The van der Waals surface area contributed by atoms with Gasteiger partial charge in [0.2, 0.25) is 0 Å². The van der Waals surface area contributed by atoms with E-state index in [0.29, 0.717) is 18.8 Å². The van der Waals surface area contributed by atoms with E-state index in [1.54, 1.807) is 18.2 Å². The van der Waals surface area contributed by atoms with Crippen molar-refractivity contribution in [2.75, 3.05) is 6.61 Å². The van der Waals surface area contributed by atoms with Crippen molar-refractivity contribution in [2.24, 2.45) is 5.41 Å². The molecule has 0 spiro atoms. The van der Waals surface area contributed by atoms with Gasteiger partial charge in [-0.2, -0.15) is 0 Å². The molecule has 1 atom stereocenters.